The van der Waals surface area contributed by atoms with Gasteiger partial charge in [-0.25, -0.2) is 8.42 Å². The van der Waals surface area contributed by atoms with Crippen molar-refractivity contribution in [3.63, 3.8) is 0 Å². The highest BCUT2D eigenvalue weighted by atomic mass is 32.2. The summed E-state index contributed by atoms with van der Waals surface area (Å²) in [6.45, 7) is 1.76. The van der Waals surface area contributed by atoms with Crippen LogP contribution in [0.25, 0.3) is 0 Å². The first-order valence-corrected chi connectivity index (χ1v) is 9.39. The third-order valence-electron chi connectivity index (χ3n) is 3.73. The second kappa shape index (κ2) is 7.43. The Bertz CT molecular complexity index is 892. The fraction of sp³-hybridized carbons (Fsp3) is 0.235. The van der Waals surface area contributed by atoms with E-state index in [-0.39, 0.29) is 29.0 Å². The molecule has 0 spiro atoms. The molecule has 0 aromatic heterocycles. The molecule has 0 unspecified atom stereocenters. The van der Waals surface area contributed by atoms with Gasteiger partial charge in [0.1, 0.15) is 0 Å². The fourth-order valence-corrected chi connectivity index (χ4v) is 3.02. The number of nitro groups is 1. The van der Waals surface area contributed by atoms with Gasteiger partial charge in [0, 0.05) is 17.9 Å². The molecule has 0 bridgehead atoms. The van der Waals surface area contributed by atoms with Crippen molar-refractivity contribution < 1.29 is 18.1 Å². The summed E-state index contributed by atoms with van der Waals surface area (Å²) < 4.78 is 22.9. The number of amides is 1. The van der Waals surface area contributed by atoms with Crippen LogP contribution in [0.15, 0.2) is 53.4 Å². The molecule has 7 nitrogen and oxygen atoms in total. The second-order valence-electron chi connectivity index (χ2n) is 5.69. The van der Waals surface area contributed by atoms with E-state index in [1.165, 1.54) is 18.2 Å². The van der Waals surface area contributed by atoms with Crippen LogP contribution in [0.5, 0.6) is 0 Å². The Balaban J connectivity index is 2.07. The topological polar surface area (TPSA) is 106 Å². The fourth-order valence-electron chi connectivity index (χ4n) is 2.39. The van der Waals surface area contributed by atoms with Crippen molar-refractivity contribution in [3.05, 3.63) is 69.8 Å². The van der Waals surface area contributed by atoms with Crippen LogP contribution < -0.4 is 5.32 Å². The van der Waals surface area contributed by atoms with Crippen molar-refractivity contribution >= 4 is 21.4 Å². The first-order chi connectivity index (χ1) is 11.7. The first kappa shape index (κ1) is 18.6. The Morgan fingerprint density at radius 2 is 1.76 bits per heavy atom. The zero-order valence-corrected chi connectivity index (χ0v) is 14.6. The summed E-state index contributed by atoms with van der Waals surface area (Å²) in [6, 6.07) is 12.0. The average Bonchev–Trinajstić information content (AvgIpc) is 2.54. The van der Waals surface area contributed by atoms with Crippen LogP contribution in [0.1, 0.15) is 24.1 Å². The minimum absolute atomic E-state index is 0.0946. The summed E-state index contributed by atoms with van der Waals surface area (Å²) in [4.78, 5) is 22.8. The number of nitro benzene ring substituents is 1. The lowest BCUT2D eigenvalue weighted by molar-refractivity contribution is -0.385. The summed E-state index contributed by atoms with van der Waals surface area (Å²) in [5.74, 6) is -0.353. The standard InChI is InChI=1S/C17H18N2O5S/c1-12(13-7-9-15(10-8-13)25(2,23)24)18-17(20)11-14-5-3-4-6-16(14)19(21)22/h3-10,12H,11H2,1-2H3,(H,18,20)/t12-/m1/s1. The number of nitrogens with zero attached hydrogens (tertiary/aromatic N) is 1. The number of carbonyl (C=O) groups excluding carboxylic acids is 1. The Hall–Kier alpha value is -2.74. The monoisotopic (exact) mass is 362 g/mol. The van der Waals surface area contributed by atoms with Crippen LogP contribution in [0.4, 0.5) is 5.69 Å². The molecule has 2 aromatic rings. The van der Waals surface area contributed by atoms with Gasteiger partial charge >= 0.3 is 0 Å². The van der Waals surface area contributed by atoms with Crippen molar-refractivity contribution in [1.82, 2.24) is 5.32 Å². The minimum Gasteiger partial charge on any atom is -0.349 e. The minimum atomic E-state index is -3.27. The number of hydrogen-bond acceptors (Lipinski definition) is 5. The highest BCUT2D eigenvalue weighted by Crippen LogP contribution is 2.19. The zero-order chi connectivity index (χ0) is 18.6. The van der Waals surface area contributed by atoms with Crippen LogP contribution in [0.2, 0.25) is 0 Å². The average molecular weight is 362 g/mol. The summed E-state index contributed by atoms with van der Waals surface area (Å²) in [5, 5.41) is 13.7. The maximum atomic E-state index is 12.2. The molecular weight excluding hydrogens is 344 g/mol. The number of rotatable bonds is 6. The Morgan fingerprint density at radius 1 is 1.16 bits per heavy atom. The maximum Gasteiger partial charge on any atom is 0.273 e. The van der Waals surface area contributed by atoms with E-state index in [1.807, 2.05) is 0 Å². The largest absolute Gasteiger partial charge is 0.349 e. The van der Waals surface area contributed by atoms with Gasteiger partial charge in [0.2, 0.25) is 5.91 Å². The van der Waals surface area contributed by atoms with E-state index in [1.54, 1.807) is 37.3 Å². The molecule has 132 valence electrons. The molecule has 8 heteroatoms. The normalized spacial score (nSPS) is 12.4. The lowest BCUT2D eigenvalue weighted by Gasteiger charge is -2.15. The van der Waals surface area contributed by atoms with Crippen LogP contribution in [-0.4, -0.2) is 25.5 Å². The first-order valence-electron chi connectivity index (χ1n) is 7.50. The number of carbonyl (C=O) groups is 1. The molecule has 2 rings (SSSR count). The van der Waals surface area contributed by atoms with Gasteiger partial charge in [0.05, 0.1) is 22.3 Å². The van der Waals surface area contributed by atoms with Gasteiger partial charge in [-0.3, -0.25) is 14.9 Å². The van der Waals surface area contributed by atoms with Crippen LogP contribution in [-0.2, 0) is 21.1 Å². The molecule has 0 fully saturated rings. The molecule has 1 N–H and O–H groups in total. The van der Waals surface area contributed by atoms with E-state index in [0.717, 1.165) is 11.8 Å². The highest BCUT2D eigenvalue weighted by Gasteiger charge is 2.17. The van der Waals surface area contributed by atoms with Gasteiger partial charge in [0.25, 0.3) is 5.69 Å². The quantitative estimate of drug-likeness (QED) is 0.627. The van der Waals surface area contributed by atoms with E-state index in [9.17, 15) is 23.3 Å². The maximum absolute atomic E-state index is 12.2. The van der Waals surface area contributed by atoms with E-state index < -0.39 is 14.8 Å². The zero-order valence-electron chi connectivity index (χ0n) is 13.8. The molecule has 0 radical (unpaired) electrons. The van der Waals surface area contributed by atoms with Crippen molar-refractivity contribution in [2.75, 3.05) is 6.26 Å². The lowest BCUT2D eigenvalue weighted by Crippen LogP contribution is -2.28. The Morgan fingerprint density at radius 3 is 2.32 bits per heavy atom. The summed E-state index contributed by atoms with van der Waals surface area (Å²) in [6.07, 6.45) is 1.02. The molecule has 0 aliphatic carbocycles. The van der Waals surface area contributed by atoms with Crippen molar-refractivity contribution in [3.8, 4) is 0 Å². The van der Waals surface area contributed by atoms with Gasteiger partial charge in [-0.1, -0.05) is 30.3 Å². The number of para-hydroxylation sites is 1. The predicted octanol–water partition coefficient (Wildman–Crippen LogP) is 2.42. The second-order valence-corrected chi connectivity index (χ2v) is 7.71. The lowest BCUT2D eigenvalue weighted by atomic mass is 10.1. The number of benzene rings is 2. The summed E-state index contributed by atoms with van der Waals surface area (Å²) >= 11 is 0. The van der Waals surface area contributed by atoms with E-state index in [0.29, 0.717) is 5.56 Å². The number of hydrogen-bond donors (Lipinski definition) is 1. The molecule has 25 heavy (non-hydrogen) atoms. The highest BCUT2D eigenvalue weighted by molar-refractivity contribution is 7.90. The van der Waals surface area contributed by atoms with E-state index in [2.05, 4.69) is 5.32 Å². The summed E-state index contributed by atoms with van der Waals surface area (Å²) in [7, 11) is -3.27. The molecule has 0 saturated heterocycles. The van der Waals surface area contributed by atoms with Crippen LogP contribution in [0, 0.1) is 10.1 Å². The smallest absolute Gasteiger partial charge is 0.273 e. The van der Waals surface area contributed by atoms with Gasteiger partial charge in [-0.2, -0.15) is 0 Å². The third kappa shape index (κ3) is 4.87. The Kier molecular flexibility index (Phi) is 5.53. The number of nitrogens with one attached hydrogen (secondary N) is 1. The van der Waals surface area contributed by atoms with Crippen LogP contribution in [0.3, 0.4) is 0 Å². The molecule has 0 heterocycles. The molecular formula is C17H18N2O5S. The van der Waals surface area contributed by atoms with Gasteiger partial charge in [-0.15, -0.1) is 0 Å². The van der Waals surface area contributed by atoms with E-state index in [4.69, 9.17) is 0 Å². The van der Waals surface area contributed by atoms with Crippen LogP contribution >= 0.6 is 0 Å². The van der Waals surface area contributed by atoms with Gasteiger partial charge in [-0.05, 0) is 24.6 Å². The predicted molar refractivity (Wildman–Crippen MR) is 92.9 cm³/mol. The molecule has 0 aliphatic rings. The van der Waals surface area contributed by atoms with E-state index >= 15 is 0 Å². The molecule has 1 amide bonds. The van der Waals surface area contributed by atoms with Gasteiger partial charge < -0.3 is 5.32 Å². The molecule has 0 aliphatic heterocycles. The SMILES string of the molecule is C[C@@H](NC(=O)Cc1ccccc1[N+](=O)[O-])c1ccc(S(C)(=O)=O)cc1. The number of sulfone groups is 1. The van der Waals surface area contributed by atoms with Crippen molar-refractivity contribution in [2.24, 2.45) is 0 Å². The molecule has 0 saturated carbocycles. The Labute approximate surface area is 145 Å². The third-order valence-corrected chi connectivity index (χ3v) is 4.85. The van der Waals surface area contributed by atoms with Gasteiger partial charge in [0.15, 0.2) is 9.84 Å². The van der Waals surface area contributed by atoms with Crippen molar-refractivity contribution in [1.29, 1.82) is 0 Å². The summed E-state index contributed by atoms with van der Waals surface area (Å²) in [5.41, 5.74) is 0.982. The van der Waals surface area contributed by atoms with Crippen molar-refractivity contribution in [2.45, 2.75) is 24.3 Å². The molecule has 2 aromatic carbocycles. The molecule has 1 atom stereocenters.